The summed E-state index contributed by atoms with van der Waals surface area (Å²) in [5.74, 6) is 1.11. The molecule has 0 aromatic carbocycles. The predicted octanol–water partition coefficient (Wildman–Crippen LogP) is 1.22. The van der Waals surface area contributed by atoms with Crippen molar-refractivity contribution >= 4 is 9.84 Å². The topological polar surface area (TPSA) is 55.4 Å². The van der Waals surface area contributed by atoms with Crippen LogP contribution >= 0.6 is 0 Å². The molecule has 0 radical (unpaired) electrons. The third-order valence-corrected chi connectivity index (χ3v) is 5.34. The largest absolute Gasteiger partial charge is 0.381 e. The monoisotopic (exact) mass is 263 g/mol. The number of hydrogen-bond donors (Lipinski definition) is 1. The fourth-order valence-electron chi connectivity index (χ4n) is 2.37. The van der Waals surface area contributed by atoms with Gasteiger partial charge in [0.05, 0.1) is 12.4 Å². The number of hydrogen-bond acceptors (Lipinski definition) is 4. The summed E-state index contributed by atoms with van der Waals surface area (Å²) in [5, 5.41) is 3.30. The zero-order valence-corrected chi connectivity index (χ0v) is 11.8. The molecule has 1 saturated heterocycles. The average Bonchev–Trinajstić information content (AvgIpc) is 2.36. The molecule has 0 bridgehead atoms. The Balaban J connectivity index is 2.31. The van der Waals surface area contributed by atoms with E-state index in [9.17, 15) is 8.42 Å². The summed E-state index contributed by atoms with van der Waals surface area (Å²) in [6, 6.07) is 0.391. The SMILES string of the molecule is CCS(=O)(=O)CCCC(NC)C1CCCOC1. The quantitative estimate of drug-likeness (QED) is 0.750. The number of ether oxygens (including phenoxy) is 1. The van der Waals surface area contributed by atoms with Crippen LogP contribution < -0.4 is 5.32 Å². The molecule has 2 atom stereocenters. The summed E-state index contributed by atoms with van der Waals surface area (Å²) in [6.07, 6.45) is 3.98. The molecule has 1 fully saturated rings. The van der Waals surface area contributed by atoms with Crippen molar-refractivity contribution in [2.75, 3.05) is 31.8 Å². The summed E-state index contributed by atoms with van der Waals surface area (Å²) in [5.41, 5.74) is 0. The predicted molar refractivity (Wildman–Crippen MR) is 70.0 cm³/mol. The van der Waals surface area contributed by atoms with Crippen LogP contribution in [0.2, 0.25) is 0 Å². The van der Waals surface area contributed by atoms with Gasteiger partial charge >= 0.3 is 0 Å². The first kappa shape index (κ1) is 14.9. The van der Waals surface area contributed by atoms with Crippen molar-refractivity contribution in [2.45, 2.75) is 38.6 Å². The van der Waals surface area contributed by atoms with E-state index in [2.05, 4.69) is 5.32 Å². The van der Waals surface area contributed by atoms with Gasteiger partial charge in [-0.2, -0.15) is 0 Å². The summed E-state index contributed by atoms with van der Waals surface area (Å²) in [4.78, 5) is 0. The highest BCUT2D eigenvalue weighted by molar-refractivity contribution is 7.91. The van der Waals surface area contributed by atoms with Crippen molar-refractivity contribution in [3.63, 3.8) is 0 Å². The van der Waals surface area contributed by atoms with Gasteiger partial charge in [-0.15, -0.1) is 0 Å². The van der Waals surface area contributed by atoms with Crippen molar-refractivity contribution in [3.05, 3.63) is 0 Å². The van der Waals surface area contributed by atoms with Crippen molar-refractivity contribution in [1.82, 2.24) is 5.32 Å². The lowest BCUT2D eigenvalue weighted by Gasteiger charge is -2.30. The van der Waals surface area contributed by atoms with Crippen LogP contribution in [0, 0.1) is 5.92 Å². The van der Waals surface area contributed by atoms with E-state index < -0.39 is 9.84 Å². The molecule has 0 amide bonds. The van der Waals surface area contributed by atoms with Gasteiger partial charge in [-0.1, -0.05) is 6.92 Å². The Hall–Kier alpha value is -0.130. The van der Waals surface area contributed by atoms with E-state index in [0.717, 1.165) is 32.5 Å². The van der Waals surface area contributed by atoms with Gasteiger partial charge in [0, 0.05) is 18.4 Å². The lowest BCUT2D eigenvalue weighted by Crippen LogP contribution is -2.38. The molecule has 1 rings (SSSR count). The van der Waals surface area contributed by atoms with Crippen LogP contribution in [0.5, 0.6) is 0 Å². The van der Waals surface area contributed by atoms with E-state index in [1.54, 1.807) is 6.92 Å². The van der Waals surface area contributed by atoms with Gasteiger partial charge in [-0.25, -0.2) is 8.42 Å². The standard InChI is InChI=1S/C12H25NO3S/c1-3-17(14,15)9-5-7-12(13-2)11-6-4-8-16-10-11/h11-13H,3-10H2,1-2H3. The van der Waals surface area contributed by atoms with E-state index in [4.69, 9.17) is 4.74 Å². The molecule has 4 nitrogen and oxygen atoms in total. The molecule has 0 aliphatic carbocycles. The lowest BCUT2D eigenvalue weighted by molar-refractivity contribution is 0.0391. The zero-order valence-electron chi connectivity index (χ0n) is 10.9. The maximum Gasteiger partial charge on any atom is 0.150 e. The van der Waals surface area contributed by atoms with E-state index in [1.807, 2.05) is 7.05 Å². The minimum absolute atomic E-state index is 0.254. The van der Waals surface area contributed by atoms with Crippen molar-refractivity contribution < 1.29 is 13.2 Å². The summed E-state index contributed by atoms with van der Waals surface area (Å²) >= 11 is 0. The van der Waals surface area contributed by atoms with E-state index in [-0.39, 0.29) is 5.75 Å². The van der Waals surface area contributed by atoms with Gasteiger partial charge < -0.3 is 10.1 Å². The molecular weight excluding hydrogens is 238 g/mol. The molecule has 1 aliphatic rings. The minimum atomic E-state index is -2.81. The van der Waals surface area contributed by atoms with Gasteiger partial charge in [-0.3, -0.25) is 0 Å². The van der Waals surface area contributed by atoms with Crippen LogP contribution in [0.25, 0.3) is 0 Å². The van der Waals surface area contributed by atoms with Gasteiger partial charge in [0.2, 0.25) is 0 Å². The van der Waals surface area contributed by atoms with E-state index in [0.29, 0.717) is 17.7 Å². The first-order valence-corrected chi connectivity index (χ1v) is 8.36. The van der Waals surface area contributed by atoms with Gasteiger partial charge in [0.25, 0.3) is 0 Å². The highest BCUT2D eigenvalue weighted by atomic mass is 32.2. The Bertz CT molecular complexity index is 297. The Labute approximate surface area is 105 Å². The number of sulfone groups is 1. The molecule has 17 heavy (non-hydrogen) atoms. The van der Waals surface area contributed by atoms with E-state index >= 15 is 0 Å². The number of nitrogens with one attached hydrogen (secondary N) is 1. The minimum Gasteiger partial charge on any atom is -0.381 e. The van der Waals surface area contributed by atoms with Crippen LogP contribution in [0.4, 0.5) is 0 Å². The zero-order chi connectivity index (χ0) is 12.7. The molecule has 102 valence electrons. The van der Waals surface area contributed by atoms with Crippen LogP contribution in [0.1, 0.15) is 32.6 Å². The summed E-state index contributed by atoms with van der Waals surface area (Å²) < 4.78 is 28.3. The molecule has 1 aliphatic heterocycles. The normalized spacial score (nSPS) is 23.5. The third-order valence-electron chi connectivity index (χ3n) is 3.55. The second kappa shape index (κ2) is 7.34. The van der Waals surface area contributed by atoms with Gasteiger partial charge in [0.15, 0.2) is 0 Å². The summed E-state index contributed by atoms with van der Waals surface area (Å²) in [7, 11) is -0.861. The first-order valence-electron chi connectivity index (χ1n) is 6.54. The van der Waals surface area contributed by atoms with Crippen molar-refractivity contribution in [1.29, 1.82) is 0 Å². The molecule has 1 N–H and O–H groups in total. The summed E-state index contributed by atoms with van der Waals surface area (Å²) in [6.45, 7) is 3.39. The van der Waals surface area contributed by atoms with Crippen molar-refractivity contribution in [2.24, 2.45) is 5.92 Å². The van der Waals surface area contributed by atoms with Crippen LogP contribution in [0.3, 0.4) is 0 Å². The number of rotatable bonds is 7. The highest BCUT2D eigenvalue weighted by Crippen LogP contribution is 2.20. The molecule has 0 aromatic heterocycles. The molecule has 5 heteroatoms. The fourth-order valence-corrected chi connectivity index (χ4v) is 3.26. The van der Waals surface area contributed by atoms with Crippen molar-refractivity contribution in [3.8, 4) is 0 Å². The van der Waals surface area contributed by atoms with E-state index in [1.165, 1.54) is 6.42 Å². The molecule has 1 heterocycles. The average molecular weight is 263 g/mol. The Morgan fingerprint density at radius 2 is 2.24 bits per heavy atom. The maximum atomic E-state index is 11.4. The Morgan fingerprint density at radius 3 is 2.76 bits per heavy atom. The molecule has 0 saturated carbocycles. The van der Waals surface area contributed by atoms with Gasteiger partial charge in [0.1, 0.15) is 9.84 Å². The molecular formula is C12H25NO3S. The lowest BCUT2D eigenvalue weighted by atomic mass is 9.91. The smallest absolute Gasteiger partial charge is 0.150 e. The van der Waals surface area contributed by atoms with Crippen LogP contribution in [-0.4, -0.2) is 46.2 Å². The van der Waals surface area contributed by atoms with Gasteiger partial charge in [-0.05, 0) is 38.6 Å². The molecule has 0 aromatic rings. The fraction of sp³-hybridized carbons (Fsp3) is 1.00. The first-order chi connectivity index (χ1) is 8.09. The molecule has 2 unspecified atom stereocenters. The third kappa shape index (κ3) is 5.36. The maximum absolute atomic E-state index is 11.4. The Morgan fingerprint density at radius 1 is 1.47 bits per heavy atom. The van der Waals surface area contributed by atoms with Crippen LogP contribution in [0.15, 0.2) is 0 Å². The van der Waals surface area contributed by atoms with Crippen LogP contribution in [-0.2, 0) is 14.6 Å². The second-order valence-electron chi connectivity index (χ2n) is 4.75. The molecule has 0 spiro atoms. The second-order valence-corrected chi connectivity index (χ2v) is 7.22. The Kier molecular flexibility index (Phi) is 6.44. The highest BCUT2D eigenvalue weighted by Gasteiger charge is 2.23.